The van der Waals surface area contributed by atoms with Crippen molar-refractivity contribution < 1.29 is 36.7 Å². The van der Waals surface area contributed by atoms with Crippen LogP contribution in [0, 0.1) is 10.1 Å². The van der Waals surface area contributed by atoms with Crippen LogP contribution in [0.1, 0.15) is 38.7 Å². The Labute approximate surface area is 209 Å². The molecule has 192 valence electrons. The molecule has 1 atom stereocenters. The maximum absolute atomic E-state index is 11.3. The Morgan fingerprint density at radius 2 is 1.75 bits per heavy atom. The van der Waals surface area contributed by atoms with E-state index in [9.17, 15) is 33.7 Å². The maximum atomic E-state index is 11.3. The SMILES string of the molecule is CC(=O)CCC1(c2ccc([N+](=O)[O-])cc2)C=CC=C(O)C1.CC(=O)Nc1c(O)cccc1[As](=O)(O)O. The molecule has 1 aliphatic rings. The van der Waals surface area contributed by atoms with Crippen LogP contribution in [0.3, 0.4) is 0 Å². The average molecular weight is 562 g/mol. The number of anilines is 1. The number of allylic oxidation sites excluding steroid dienone is 4. The number of aliphatic hydroxyl groups is 1. The van der Waals surface area contributed by atoms with Crippen molar-refractivity contribution in [2.75, 3.05) is 5.32 Å². The third kappa shape index (κ3) is 7.67. The standard InChI is InChI=1S/C16H17NO4.C8H10AsNO5/c1-12(18)8-10-16(9-2-3-15(19)11-16)13-4-6-14(7-5-13)17(20)21;1-5(11)10-8-6(9(13,14)15)3-2-4-7(8)12/h2-7,9,19H,8,10-11H2,1H3;2-4,12H,1H3,(H,10,11)(H2,13,14,15). The number of non-ortho nitro benzene ring substituents is 1. The van der Waals surface area contributed by atoms with Gasteiger partial charge in [-0.2, -0.15) is 0 Å². The summed E-state index contributed by atoms with van der Waals surface area (Å²) in [6.45, 7) is 2.72. The molecule has 36 heavy (non-hydrogen) atoms. The van der Waals surface area contributed by atoms with E-state index in [4.69, 9.17) is 8.19 Å². The van der Waals surface area contributed by atoms with Crippen molar-refractivity contribution in [2.45, 2.75) is 38.5 Å². The molecule has 3 rings (SSSR count). The van der Waals surface area contributed by atoms with E-state index in [2.05, 4.69) is 5.32 Å². The minimum atomic E-state index is -5.14. The Bertz CT molecular complexity index is 1250. The van der Waals surface area contributed by atoms with Crippen molar-refractivity contribution >= 4 is 41.6 Å². The Morgan fingerprint density at radius 1 is 1.11 bits per heavy atom. The van der Waals surface area contributed by atoms with Gasteiger partial charge in [-0.25, -0.2) is 0 Å². The van der Waals surface area contributed by atoms with Crippen LogP contribution in [0.5, 0.6) is 5.75 Å². The second-order valence-corrected chi connectivity index (χ2v) is 11.5. The number of rotatable bonds is 7. The van der Waals surface area contributed by atoms with E-state index in [0.717, 1.165) is 5.56 Å². The Hall–Kier alpha value is -3.66. The van der Waals surface area contributed by atoms with Crippen molar-refractivity contribution in [2.24, 2.45) is 0 Å². The van der Waals surface area contributed by atoms with E-state index in [0.29, 0.717) is 19.3 Å². The second-order valence-electron chi connectivity index (χ2n) is 8.25. The molecule has 0 fully saturated rings. The number of hydrogen-bond donors (Lipinski definition) is 5. The molecular formula is C24H27AsN2O9. The number of para-hydroxylation sites is 1. The molecule has 0 bridgehead atoms. The number of aromatic hydroxyl groups is 1. The van der Waals surface area contributed by atoms with Gasteiger partial charge in [-0.15, -0.1) is 0 Å². The number of carbonyl (C=O) groups excluding carboxylic acids is 2. The second kappa shape index (κ2) is 11.8. The van der Waals surface area contributed by atoms with Gasteiger partial charge in [0.1, 0.15) is 5.78 Å². The molecule has 5 N–H and O–H groups in total. The van der Waals surface area contributed by atoms with Gasteiger partial charge < -0.3 is 9.90 Å². The number of ketones is 1. The van der Waals surface area contributed by atoms with Gasteiger partial charge in [0.2, 0.25) is 0 Å². The first-order valence-corrected chi connectivity index (χ1v) is 14.1. The van der Waals surface area contributed by atoms with Crippen LogP contribution in [-0.2, 0) is 18.7 Å². The number of nitro groups is 1. The zero-order valence-electron chi connectivity index (χ0n) is 19.6. The summed E-state index contributed by atoms with van der Waals surface area (Å²) in [6.07, 6.45) is 6.70. The molecule has 1 unspecified atom stereocenters. The number of phenols is 1. The third-order valence-electron chi connectivity index (χ3n) is 5.41. The molecule has 2 aromatic carbocycles. The molecule has 11 nitrogen and oxygen atoms in total. The zero-order valence-corrected chi connectivity index (χ0v) is 21.5. The van der Waals surface area contributed by atoms with Gasteiger partial charge in [0.05, 0.1) is 10.7 Å². The van der Waals surface area contributed by atoms with E-state index in [1.54, 1.807) is 24.3 Å². The molecule has 0 saturated carbocycles. The van der Waals surface area contributed by atoms with Gasteiger partial charge in [-0.05, 0) is 25.0 Å². The minimum absolute atomic E-state index is 0.0278. The van der Waals surface area contributed by atoms with Gasteiger partial charge >= 0.3 is 88.1 Å². The number of nitrogens with one attached hydrogen (secondary N) is 1. The molecule has 0 saturated heterocycles. The van der Waals surface area contributed by atoms with Crippen LogP contribution in [-0.4, -0.2) is 49.2 Å². The number of hydrogen-bond acceptors (Lipinski definition) is 7. The van der Waals surface area contributed by atoms with Crippen molar-refractivity contribution in [1.29, 1.82) is 0 Å². The number of Topliss-reactive ketones (excluding diaryl/α,β-unsaturated/α-hetero) is 1. The predicted molar refractivity (Wildman–Crippen MR) is 132 cm³/mol. The van der Waals surface area contributed by atoms with E-state index in [1.165, 1.54) is 44.2 Å². The fourth-order valence-electron chi connectivity index (χ4n) is 3.69. The Kier molecular flexibility index (Phi) is 9.41. The summed E-state index contributed by atoms with van der Waals surface area (Å²) in [7, 11) is 0. The number of benzene rings is 2. The molecule has 0 aromatic heterocycles. The monoisotopic (exact) mass is 562 g/mol. The Morgan fingerprint density at radius 3 is 2.25 bits per heavy atom. The number of amides is 1. The predicted octanol–water partition coefficient (Wildman–Crippen LogP) is 2.52. The van der Waals surface area contributed by atoms with Crippen LogP contribution < -0.4 is 9.67 Å². The fraction of sp³-hybridized carbons (Fsp3) is 0.250. The van der Waals surface area contributed by atoms with E-state index >= 15 is 0 Å². The van der Waals surface area contributed by atoms with E-state index in [-0.39, 0.29) is 33.0 Å². The number of aliphatic hydroxyl groups excluding tert-OH is 1. The zero-order chi connectivity index (χ0) is 27.1. The van der Waals surface area contributed by atoms with Crippen molar-refractivity contribution in [3.8, 4) is 5.75 Å². The number of phenolic OH excluding ortho intramolecular Hbond substituents is 1. The van der Waals surface area contributed by atoms with Gasteiger partial charge in [0.25, 0.3) is 5.69 Å². The summed E-state index contributed by atoms with van der Waals surface area (Å²) < 4.78 is 28.8. The normalized spacial score (nSPS) is 16.8. The molecule has 2 aromatic rings. The summed E-state index contributed by atoms with van der Waals surface area (Å²) >= 11 is -5.14. The molecule has 0 heterocycles. The van der Waals surface area contributed by atoms with Crippen LogP contribution >= 0.6 is 0 Å². The number of nitrogens with zero attached hydrogens (tertiary/aromatic N) is 1. The number of nitro benzene ring substituents is 1. The summed E-state index contributed by atoms with van der Waals surface area (Å²) in [5.41, 5.74) is 0.183. The van der Waals surface area contributed by atoms with Crippen molar-refractivity contribution in [1.82, 2.24) is 0 Å². The van der Waals surface area contributed by atoms with Crippen LogP contribution in [0.15, 0.2) is 66.5 Å². The summed E-state index contributed by atoms with van der Waals surface area (Å²) in [5.74, 6) is -0.549. The molecule has 0 spiro atoms. The first kappa shape index (κ1) is 28.6. The van der Waals surface area contributed by atoms with Crippen molar-refractivity contribution in [3.63, 3.8) is 0 Å². The van der Waals surface area contributed by atoms with Gasteiger partial charge in [-0.3, -0.25) is 10.1 Å². The van der Waals surface area contributed by atoms with Gasteiger partial charge in [0, 0.05) is 30.4 Å². The van der Waals surface area contributed by atoms with Gasteiger partial charge in [0.15, 0.2) is 0 Å². The van der Waals surface area contributed by atoms with Crippen LogP contribution in [0.2, 0.25) is 0 Å². The molecule has 1 amide bonds. The summed E-state index contributed by atoms with van der Waals surface area (Å²) in [6, 6.07) is 10.0. The first-order chi connectivity index (χ1) is 16.7. The molecule has 0 radical (unpaired) electrons. The quantitative estimate of drug-likeness (QED) is 0.146. The summed E-state index contributed by atoms with van der Waals surface area (Å²) in [5, 5.41) is 32.1. The van der Waals surface area contributed by atoms with E-state index < -0.39 is 30.4 Å². The van der Waals surface area contributed by atoms with Gasteiger partial charge in [-0.1, -0.05) is 24.3 Å². The average Bonchev–Trinajstić information content (AvgIpc) is 2.78. The van der Waals surface area contributed by atoms with Crippen LogP contribution in [0.25, 0.3) is 0 Å². The van der Waals surface area contributed by atoms with Crippen LogP contribution in [0.4, 0.5) is 11.4 Å². The molecule has 0 aliphatic heterocycles. The Balaban J connectivity index is 0.000000269. The molecular weight excluding hydrogens is 535 g/mol. The molecule has 12 heteroatoms. The van der Waals surface area contributed by atoms with E-state index in [1.807, 2.05) is 6.08 Å². The summed E-state index contributed by atoms with van der Waals surface area (Å²) in [4.78, 5) is 32.4. The molecule has 1 aliphatic carbocycles. The third-order valence-corrected chi connectivity index (χ3v) is 7.51. The number of carbonyl (C=O) groups is 2. The topological polar surface area (TPSA) is 187 Å². The first-order valence-electron chi connectivity index (χ1n) is 10.7. The van der Waals surface area contributed by atoms with Crippen molar-refractivity contribution in [3.05, 3.63) is 82.1 Å². The fourth-order valence-corrected chi connectivity index (χ4v) is 5.24.